The van der Waals surface area contributed by atoms with Gasteiger partial charge >= 0.3 is 0 Å². The van der Waals surface area contributed by atoms with Crippen LogP contribution in [0, 0.1) is 30.4 Å². The highest BCUT2D eigenvalue weighted by Gasteiger charge is 2.26. The van der Waals surface area contributed by atoms with Crippen molar-refractivity contribution in [3.05, 3.63) is 71.8 Å². The predicted octanol–water partition coefficient (Wildman–Crippen LogP) is 5.69. The topological polar surface area (TPSA) is 77.7 Å². The molecule has 5 rings (SSSR count). The molecule has 1 aliphatic rings. The molecular weight excluding hydrogens is 470 g/mol. The maximum atomic E-state index is 14.7. The first-order chi connectivity index (χ1) is 16.7. The summed E-state index contributed by atoms with van der Waals surface area (Å²) >= 11 is 0. The van der Waals surface area contributed by atoms with Crippen molar-refractivity contribution >= 4 is 21.1 Å². The number of pyridine rings is 1. The molecule has 3 aromatic heterocycles. The summed E-state index contributed by atoms with van der Waals surface area (Å²) in [5.41, 5.74) is 1.54. The van der Waals surface area contributed by atoms with Crippen molar-refractivity contribution in [1.29, 1.82) is 0 Å². The Balaban J connectivity index is 1.61. The van der Waals surface area contributed by atoms with E-state index in [0.29, 0.717) is 24.0 Å². The second kappa shape index (κ2) is 9.11. The molecule has 0 bridgehead atoms. The Morgan fingerprint density at radius 3 is 2.60 bits per heavy atom. The number of aryl methyl sites for hydroxylation is 1. The summed E-state index contributed by atoms with van der Waals surface area (Å²) in [6, 6.07) is 7.63. The fourth-order valence-electron chi connectivity index (χ4n) is 4.93. The Kier molecular flexibility index (Phi) is 6.13. The summed E-state index contributed by atoms with van der Waals surface area (Å²) in [6.45, 7) is 4.07. The van der Waals surface area contributed by atoms with E-state index in [2.05, 4.69) is 21.9 Å². The number of nitrogens with zero attached hydrogens (tertiary/aromatic N) is 4. The Morgan fingerprint density at radius 1 is 1.09 bits per heavy atom. The number of fused-ring (bicyclic) bond motifs is 1. The molecule has 0 saturated heterocycles. The lowest BCUT2D eigenvalue weighted by molar-refractivity contribution is 0.278. The zero-order chi connectivity index (χ0) is 24.7. The van der Waals surface area contributed by atoms with Crippen LogP contribution in [0.3, 0.4) is 0 Å². The highest BCUT2D eigenvalue weighted by molar-refractivity contribution is 7.90. The number of benzene rings is 1. The van der Waals surface area contributed by atoms with E-state index in [1.807, 2.05) is 6.92 Å². The Hall–Kier alpha value is -3.20. The quantitative estimate of drug-likeness (QED) is 0.355. The third-order valence-electron chi connectivity index (χ3n) is 6.74. The van der Waals surface area contributed by atoms with Crippen LogP contribution >= 0.6 is 0 Å². The van der Waals surface area contributed by atoms with Gasteiger partial charge in [0.2, 0.25) is 0 Å². The van der Waals surface area contributed by atoms with Gasteiger partial charge in [-0.25, -0.2) is 36.1 Å². The lowest BCUT2D eigenvalue weighted by atomic mass is 9.80. The number of halogens is 2. The molecule has 0 N–H and O–H groups in total. The van der Waals surface area contributed by atoms with E-state index >= 15 is 0 Å². The molecule has 0 radical (unpaired) electrons. The van der Waals surface area contributed by atoms with Crippen LogP contribution < -0.4 is 0 Å². The average molecular weight is 497 g/mol. The second-order valence-electron chi connectivity index (χ2n) is 9.51. The number of hydrogen-bond donors (Lipinski definition) is 0. The van der Waals surface area contributed by atoms with Gasteiger partial charge in [0.25, 0.3) is 10.0 Å². The van der Waals surface area contributed by atoms with Gasteiger partial charge in [-0.05, 0) is 49.8 Å². The van der Waals surface area contributed by atoms with E-state index in [-0.39, 0.29) is 27.3 Å². The molecular formula is C26H26F2N4O2S. The summed E-state index contributed by atoms with van der Waals surface area (Å²) in [4.78, 5) is 12.7. The number of rotatable bonds is 5. The molecule has 4 aromatic rings. The summed E-state index contributed by atoms with van der Waals surface area (Å²) < 4.78 is 56.7. The minimum absolute atomic E-state index is 0.0533. The average Bonchev–Trinajstić information content (AvgIpc) is 3.20. The summed E-state index contributed by atoms with van der Waals surface area (Å²) in [5, 5.41) is 0.240. The monoisotopic (exact) mass is 496 g/mol. The molecule has 182 valence electrons. The second-order valence-corrected chi connectivity index (χ2v) is 11.3. The third kappa shape index (κ3) is 4.57. The molecule has 1 saturated carbocycles. The lowest BCUT2D eigenvalue weighted by Crippen LogP contribution is -2.17. The molecule has 9 heteroatoms. The minimum Gasteiger partial charge on any atom is -0.234 e. The van der Waals surface area contributed by atoms with Gasteiger partial charge < -0.3 is 0 Å². The van der Waals surface area contributed by atoms with Crippen LogP contribution in [0.15, 0.2) is 53.8 Å². The molecule has 0 unspecified atom stereocenters. The minimum atomic E-state index is -4.03. The van der Waals surface area contributed by atoms with E-state index in [9.17, 15) is 17.2 Å². The first-order valence-corrected chi connectivity index (χ1v) is 13.2. The van der Waals surface area contributed by atoms with Gasteiger partial charge in [-0.3, -0.25) is 0 Å². The van der Waals surface area contributed by atoms with Crippen LogP contribution in [-0.4, -0.2) is 27.3 Å². The highest BCUT2D eigenvalue weighted by Crippen LogP contribution is 2.33. The van der Waals surface area contributed by atoms with Crippen LogP contribution in [-0.2, 0) is 16.4 Å². The number of aromatic nitrogens is 4. The van der Waals surface area contributed by atoms with Crippen molar-refractivity contribution in [1.82, 2.24) is 18.9 Å². The summed E-state index contributed by atoms with van der Waals surface area (Å²) in [6.07, 6.45) is 8.23. The molecule has 1 aromatic carbocycles. The lowest BCUT2D eigenvalue weighted by Gasteiger charge is -2.26. The fraction of sp³-hybridized carbons (Fsp3) is 0.346. The number of hydrogen-bond acceptors (Lipinski definition) is 5. The van der Waals surface area contributed by atoms with Crippen molar-refractivity contribution in [2.45, 2.75) is 50.8 Å². The molecule has 2 atom stereocenters. The fourth-order valence-corrected chi connectivity index (χ4v) is 6.26. The first-order valence-electron chi connectivity index (χ1n) is 11.7. The molecule has 0 amide bonds. The SMILES string of the molecule is Cc1ccc(S(=O)(=O)n2cc(-c3ncc(F)c(C[C@H]4CCC[C@@H](C)C4)n3)c3cc(F)cnc32)cc1. The molecule has 3 heterocycles. The van der Waals surface area contributed by atoms with Gasteiger partial charge in [0, 0.05) is 17.1 Å². The molecule has 6 nitrogen and oxygen atoms in total. The standard InChI is InChI=1S/C26H26F2N4O2S/c1-16-6-8-20(9-7-16)35(33,34)32-15-22(21-12-19(27)13-30-26(21)32)25-29-14-23(28)24(31-25)11-18-5-3-4-17(2)10-18/h6-9,12-15,17-18H,3-5,10-11H2,1-2H3/t17-,18+/m1/s1. The zero-order valence-electron chi connectivity index (χ0n) is 19.6. The molecule has 1 fully saturated rings. The molecule has 0 spiro atoms. The molecule has 0 aliphatic heterocycles. The van der Waals surface area contributed by atoms with E-state index in [0.717, 1.165) is 41.2 Å². The van der Waals surface area contributed by atoms with E-state index in [1.165, 1.54) is 30.8 Å². The van der Waals surface area contributed by atoms with Crippen molar-refractivity contribution in [2.24, 2.45) is 11.8 Å². The summed E-state index contributed by atoms with van der Waals surface area (Å²) in [5.74, 6) is -0.0499. The van der Waals surface area contributed by atoms with Crippen LogP contribution in [0.25, 0.3) is 22.4 Å². The first kappa shape index (κ1) is 23.5. The largest absolute Gasteiger partial charge is 0.269 e. The van der Waals surface area contributed by atoms with Gasteiger partial charge in [0.1, 0.15) is 5.82 Å². The Labute approximate surface area is 203 Å². The van der Waals surface area contributed by atoms with Crippen molar-refractivity contribution in [3.8, 4) is 11.4 Å². The maximum Gasteiger partial charge on any atom is 0.269 e. The van der Waals surface area contributed by atoms with Gasteiger partial charge in [0.15, 0.2) is 17.3 Å². The normalized spacial score (nSPS) is 18.7. The highest BCUT2D eigenvalue weighted by atomic mass is 32.2. The Morgan fingerprint density at radius 2 is 1.86 bits per heavy atom. The van der Waals surface area contributed by atoms with Crippen molar-refractivity contribution in [3.63, 3.8) is 0 Å². The van der Waals surface area contributed by atoms with Gasteiger partial charge in [-0.15, -0.1) is 0 Å². The molecule has 1 aliphatic carbocycles. The summed E-state index contributed by atoms with van der Waals surface area (Å²) in [7, 11) is -4.03. The smallest absolute Gasteiger partial charge is 0.234 e. The predicted molar refractivity (Wildman–Crippen MR) is 129 cm³/mol. The van der Waals surface area contributed by atoms with Crippen molar-refractivity contribution in [2.75, 3.05) is 0 Å². The van der Waals surface area contributed by atoms with Crippen LogP contribution in [0.4, 0.5) is 8.78 Å². The maximum absolute atomic E-state index is 14.7. The Bertz CT molecular complexity index is 1500. The zero-order valence-corrected chi connectivity index (χ0v) is 20.4. The van der Waals surface area contributed by atoms with Crippen molar-refractivity contribution < 1.29 is 17.2 Å². The third-order valence-corrected chi connectivity index (χ3v) is 8.41. The van der Waals surface area contributed by atoms with Crippen LogP contribution in [0.1, 0.15) is 43.9 Å². The van der Waals surface area contributed by atoms with Gasteiger partial charge in [0.05, 0.1) is 23.0 Å². The van der Waals surface area contributed by atoms with E-state index in [1.54, 1.807) is 12.1 Å². The van der Waals surface area contributed by atoms with E-state index < -0.39 is 21.7 Å². The van der Waals surface area contributed by atoms with E-state index in [4.69, 9.17) is 0 Å². The van der Waals surface area contributed by atoms with Gasteiger partial charge in [-0.1, -0.05) is 43.9 Å². The molecule has 35 heavy (non-hydrogen) atoms. The van der Waals surface area contributed by atoms with Gasteiger partial charge in [-0.2, -0.15) is 0 Å². The van der Waals surface area contributed by atoms with Crippen LogP contribution in [0.2, 0.25) is 0 Å². The van der Waals surface area contributed by atoms with Crippen LogP contribution in [0.5, 0.6) is 0 Å².